The molecule has 2 unspecified atom stereocenters. The molecule has 1 saturated heterocycles. The van der Waals surface area contributed by atoms with E-state index in [1.165, 1.54) is 18.4 Å². The Bertz CT molecular complexity index is 636. The lowest BCUT2D eigenvalue weighted by atomic mass is 9.89. The van der Waals surface area contributed by atoms with Crippen molar-refractivity contribution in [3.8, 4) is 0 Å². The van der Waals surface area contributed by atoms with Gasteiger partial charge in [-0.1, -0.05) is 37.1 Å². The molecule has 1 amide bonds. The van der Waals surface area contributed by atoms with E-state index < -0.39 is 0 Å². The number of esters is 1. The highest BCUT2D eigenvalue weighted by Crippen LogP contribution is 2.35. The average Bonchev–Trinajstić information content (AvgIpc) is 3.24. The smallest absolute Gasteiger partial charge is 0.311 e. The number of likely N-dealkylation sites (tertiary alicyclic amines) is 1. The number of nitrogens with zero attached hydrogens (tertiary/aromatic N) is 1. The van der Waals surface area contributed by atoms with Gasteiger partial charge in [0.15, 0.2) is 0 Å². The molecule has 4 nitrogen and oxygen atoms in total. The van der Waals surface area contributed by atoms with Crippen molar-refractivity contribution in [1.82, 2.24) is 4.90 Å². The van der Waals surface area contributed by atoms with Crippen LogP contribution in [0.5, 0.6) is 0 Å². The predicted octanol–water partition coefficient (Wildman–Crippen LogP) is 3.40. The fraction of sp³-hybridized carbons (Fsp3) is 0.600. The average molecular weight is 327 g/mol. The van der Waals surface area contributed by atoms with Gasteiger partial charge in [-0.05, 0) is 43.2 Å². The fourth-order valence-electron chi connectivity index (χ4n) is 4.53. The molecule has 24 heavy (non-hydrogen) atoms. The van der Waals surface area contributed by atoms with Gasteiger partial charge in [-0.3, -0.25) is 9.59 Å². The van der Waals surface area contributed by atoms with Crippen molar-refractivity contribution < 1.29 is 14.3 Å². The fourth-order valence-corrected chi connectivity index (χ4v) is 4.53. The number of carbonyl (C=O) groups excluding carboxylic acids is 2. The van der Waals surface area contributed by atoms with Crippen molar-refractivity contribution >= 4 is 11.9 Å². The molecule has 2 atom stereocenters. The monoisotopic (exact) mass is 327 g/mol. The van der Waals surface area contributed by atoms with Crippen molar-refractivity contribution in [2.24, 2.45) is 5.92 Å². The van der Waals surface area contributed by atoms with Crippen LogP contribution in [0.2, 0.25) is 0 Å². The molecule has 4 heteroatoms. The van der Waals surface area contributed by atoms with E-state index in [-0.39, 0.29) is 23.9 Å². The van der Waals surface area contributed by atoms with E-state index in [0.29, 0.717) is 19.0 Å². The van der Waals surface area contributed by atoms with Crippen molar-refractivity contribution in [2.45, 2.75) is 63.5 Å². The summed E-state index contributed by atoms with van der Waals surface area (Å²) >= 11 is 0. The van der Waals surface area contributed by atoms with Crippen molar-refractivity contribution in [2.75, 3.05) is 6.54 Å². The van der Waals surface area contributed by atoms with Crippen LogP contribution in [0.1, 0.15) is 62.2 Å². The van der Waals surface area contributed by atoms with Crippen LogP contribution in [0.25, 0.3) is 0 Å². The SMILES string of the molecule is O=C(OC1CCCc2ccccc21)C1CC(=O)N(C2CCCC2)C1. The summed E-state index contributed by atoms with van der Waals surface area (Å²) in [5, 5.41) is 0. The molecule has 1 heterocycles. The van der Waals surface area contributed by atoms with Gasteiger partial charge in [0.2, 0.25) is 5.91 Å². The molecule has 1 aromatic rings. The third-order valence-electron chi connectivity index (χ3n) is 5.83. The minimum absolute atomic E-state index is 0.132. The van der Waals surface area contributed by atoms with Gasteiger partial charge < -0.3 is 9.64 Å². The lowest BCUT2D eigenvalue weighted by Crippen LogP contribution is -2.35. The molecule has 3 aliphatic rings. The number of carbonyl (C=O) groups is 2. The Morgan fingerprint density at radius 2 is 1.88 bits per heavy atom. The third kappa shape index (κ3) is 2.94. The number of aryl methyl sites for hydroxylation is 1. The second-order valence-electron chi connectivity index (χ2n) is 7.40. The summed E-state index contributed by atoms with van der Waals surface area (Å²) in [7, 11) is 0. The van der Waals surface area contributed by atoms with Gasteiger partial charge in [0.05, 0.1) is 5.92 Å². The van der Waals surface area contributed by atoms with E-state index in [1.54, 1.807) is 0 Å². The van der Waals surface area contributed by atoms with Gasteiger partial charge >= 0.3 is 5.97 Å². The molecule has 1 aromatic carbocycles. The molecular weight excluding hydrogens is 302 g/mol. The Morgan fingerprint density at radius 1 is 1.08 bits per heavy atom. The molecule has 1 aliphatic heterocycles. The molecule has 0 N–H and O–H groups in total. The zero-order chi connectivity index (χ0) is 16.5. The maximum absolute atomic E-state index is 12.6. The standard InChI is InChI=1S/C20H25NO3/c22-19-12-15(13-21(19)16-8-2-3-9-16)20(23)24-18-11-5-7-14-6-1-4-10-17(14)18/h1,4,6,10,15-16,18H,2-3,5,7-9,11-13H2. The molecule has 0 aromatic heterocycles. The number of hydrogen-bond donors (Lipinski definition) is 0. The maximum Gasteiger partial charge on any atom is 0.311 e. The lowest BCUT2D eigenvalue weighted by molar-refractivity contribution is -0.155. The highest BCUT2D eigenvalue weighted by molar-refractivity contribution is 5.87. The first kappa shape index (κ1) is 15.7. The zero-order valence-corrected chi connectivity index (χ0v) is 14.1. The molecule has 0 spiro atoms. The van der Waals surface area contributed by atoms with Crippen LogP contribution < -0.4 is 0 Å². The molecular formula is C20H25NO3. The summed E-state index contributed by atoms with van der Waals surface area (Å²) in [6.45, 7) is 0.552. The molecule has 4 rings (SSSR count). The molecule has 0 bridgehead atoms. The van der Waals surface area contributed by atoms with E-state index in [4.69, 9.17) is 4.74 Å². The van der Waals surface area contributed by atoms with Crippen LogP contribution in [0.3, 0.4) is 0 Å². The second kappa shape index (κ2) is 6.58. The number of rotatable bonds is 3. The van der Waals surface area contributed by atoms with E-state index in [0.717, 1.165) is 37.7 Å². The van der Waals surface area contributed by atoms with E-state index in [9.17, 15) is 9.59 Å². The molecule has 2 fully saturated rings. The Balaban J connectivity index is 1.41. The Morgan fingerprint density at radius 3 is 2.71 bits per heavy atom. The van der Waals surface area contributed by atoms with E-state index >= 15 is 0 Å². The molecule has 128 valence electrons. The molecule has 0 radical (unpaired) electrons. The van der Waals surface area contributed by atoms with E-state index in [2.05, 4.69) is 12.1 Å². The Kier molecular flexibility index (Phi) is 4.30. The van der Waals surface area contributed by atoms with Gasteiger partial charge in [-0.2, -0.15) is 0 Å². The van der Waals surface area contributed by atoms with Crippen LogP contribution in [-0.4, -0.2) is 29.4 Å². The minimum Gasteiger partial charge on any atom is -0.457 e. The van der Waals surface area contributed by atoms with Crippen LogP contribution in [0.4, 0.5) is 0 Å². The number of amides is 1. The Hall–Kier alpha value is -1.84. The van der Waals surface area contributed by atoms with Gasteiger partial charge in [-0.15, -0.1) is 0 Å². The normalized spacial score (nSPS) is 27.3. The number of hydrogen-bond acceptors (Lipinski definition) is 3. The van der Waals surface area contributed by atoms with E-state index in [1.807, 2.05) is 17.0 Å². The van der Waals surface area contributed by atoms with Crippen LogP contribution in [-0.2, 0) is 20.7 Å². The molecule has 1 saturated carbocycles. The van der Waals surface area contributed by atoms with Crippen molar-refractivity contribution in [1.29, 1.82) is 0 Å². The van der Waals surface area contributed by atoms with Crippen LogP contribution in [0.15, 0.2) is 24.3 Å². The first-order valence-corrected chi connectivity index (χ1v) is 9.30. The second-order valence-corrected chi connectivity index (χ2v) is 7.40. The topological polar surface area (TPSA) is 46.6 Å². The summed E-state index contributed by atoms with van der Waals surface area (Å²) in [5.74, 6) is -0.342. The van der Waals surface area contributed by atoms with Crippen molar-refractivity contribution in [3.63, 3.8) is 0 Å². The van der Waals surface area contributed by atoms with Gasteiger partial charge in [0, 0.05) is 19.0 Å². The van der Waals surface area contributed by atoms with Crippen LogP contribution >= 0.6 is 0 Å². The summed E-state index contributed by atoms with van der Waals surface area (Å²) in [6, 6.07) is 8.59. The molecule has 2 aliphatic carbocycles. The minimum atomic E-state index is -0.285. The quantitative estimate of drug-likeness (QED) is 0.799. The summed E-state index contributed by atoms with van der Waals surface area (Å²) in [5.41, 5.74) is 2.44. The van der Waals surface area contributed by atoms with Crippen LogP contribution in [0, 0.1) is 5.92 Å². The first-order valence-electron chi connectivity index (χ1n) is 9.30. The third-order valence-corrected chi connectivity index (χ3v) is 5.83. The Labute approximate surface area is 143 Å². The van der Waals surface area contributed by atoms with Gasteiger partial charge in [0.25, 0.3) is 0 Å². The predicted molar refractivity (Wildman–Crippen MR) is 90.3 cm³/mol. The van der Waals surface area contributed by atoms with Gasteiger partial charge in [0.1, 0.15) is 6.10 Å². The van der Waals surface area contributed by atoms with Crippen molar-refractivity contribution in [3.05, 3.63) is 35.4 Å². The van der Waals surface area contributed by atoms with Gasteiger partial charge in [-0.25, -0.2) is 0 Å². The largest absolute Gasteiger partial charge is 0.457 e. The maximum atomic E-state index is 12.6. The number of fused-ring (bicyclic) bond motifs is 1. The lowest BCUT2D eigenvalue weighted by Gasteiger charge is -2.27. The first-order chi connectivity index (χ1) is 11.7. The summed E-state index contributed by atoms with van der Waals surface area (Å²) in [4.78, 5) is 26.9. The highest BCUT2D eigenvalue weighted by atomic mass is 16.5. The highest BCUT2D eigenvalue weighted by Gasteiger charge is 2.40. The summed E-state index contributed by atoms with van der Waals surface area (Å²) < 4.78 is 5.84. The number of benzene rings is 1. The zero-order valence-electron chi connectivity index (χ0n) is 14.1. The number of ether oxygens (including phenoxy) is 1. The summed E-state index contributed by atoms with van der Waals surface area (Å²) in [6.07, 6.45) is 7.74.